The van der Waals surface area contributed by atoms with Crippen molar-refractivity contribution in [2.75, 3.05) is 18.9 Å². The molecule has 3 aromatic carbocycles. The van der Waals surface area contributed by atoms with Gasteiger partial charge in [-0.3, -0.25) is 25.2 Å². The van der Waals surface area contributed by atoms with Crippen LogP contribution in [0.2, 0.25) is 0 Å². The number of aryl methyl sites for hydroxylation is 1. The summed E-state index contributed by atoms with van der Waals surface area (Å²) in [6, 6.07) is 16.9. The maximum absolute atomic E-state index is 12.7. The molecule has 0 heterocycles. The van der Waals surface area contributed by atoms with Crippen molar-refractivity contribution in [3.8, 4) is 11.5 Å². The summed E-state index contributed by atoms with van der Waals surface area (Å²) >= 11 is 0. The predicted molar refractivity (Wildman–Crippen MR) is 123 cm³/mol. The van der Waals surface area contributed by atoms with Gasteiger partial charge in [-0.1, -0.05) is 18.2 Å². The van der Waals surface area contributed by atoms with Crippen molar-refractivity contribution in [3.05, 3.63) is 83.4 Å². The smallest absolute Gasteiger partial charge is 0.269 e. The quantitative estimate of drug-likeness (QED) is 0.457. The number of hydrogen-bond acceptors (Lipinski definition) is 6. The number of hydrogen-bond donors (Lipinski definition) is 3. The number of nitrogens with one attached hydrogen (secondary N) is 3. The Morgan fingerprint density at radius 3 is 2.03 bits per heavy atom. The first-order chi connectivity index (χ1) is 15.7. The van der Waals surface area contributed by atoms with Crippen molar-refractivity contribution >= 4 is 27.5 Å². The highest BCUT2D eigenvalue weighted by atomic mass is 32.2. The first kappa shape index (κ1) is 23.6. The Morgan fingerprint density at radius 2 is 1.39 bits per heavy atom. The number of carbonyl (C=O) groups excluding carboxylic acids is 2. The lowest BCUT2D eigenvalue weighted by atomic mass is 10.2. The van der Waals surface area contributed by atoms with Gasteiger partial charge in [-0.15, -0.1) is 0 Å². The summed E-state index contributed by atoms with van der Waals surface area (Å²) in [5.74, 6) is -0.462. The molecule has 3 rings (SSSR count). The molecule has 33 heavy (non-hydrogen) atoms. The fourth-order valence-electron chi connectivity index (χ4n) is 2.96. The fourth-order valence-corrected chi connectivity index (χ4v) is 4.06. The highest BCUT2D eigenvalue weighted by molar-refractivity contribution is 7.92. The number of rotatable bonds is 7. The van der Waals surface area contributed by atoms with E-state index in [9.17, 15) is 18.0 Å². The van der Waals surface area contributed by atoms with E-state index in [1.54, 1.807) is 24.3 Å². The van der Waals surface area contributed by atoms with Gasteiger partial charge >= 0.3 is 0 Å². The summed E-state index contributed by atoms with van der Waals surface area (Å²) in [4.78, 5) is 24.8. The van der Waals surface area contributed by atoms with E-state index >= 15 is 0 Å². The van der Waals surface area contributed by atoms with Gasteiger partial charge in [0.2, 0.25) is 0 Å². The standard InChI is InChI=1S/C23H23N3O6S/c1-15-6-4-8-18(12-15)26-33(29,30)19-9-5-7-16(13-19)22(27)24-25-23(28)17-10-11-20(31-2)21(14-17)32-3/h4-14,26H,1-3H3,(H,24,27)(H,25,28). The van der Waals surface area contributed by atoms with Crippen molar-refractivity contribution in [1.82, 2.24) is 10.9 Å². The Labute approximate surface area is 191 Å². The Morgan fingerprint density at radius 1 is 0.758 bits per heavy atom. The van der Waals surface area contributed by atoms with E-state index in [-0.39, 0.29) is 16.0 Å². The van der Waals surface area contributed by atoms with Gasteiger partial charge in [0, 0.05) is 16.8 Å². The molecule has 0 aliphatic rings. The van der Waals surface area contributed by atoms with Crippen LogP contribution >= 0.6 is 0 Å². The molecule has 0 fully saturated rings. The summed E-state index contributed by atoms with van der Waals surface area (Å²) < 4.78 is 38.2. The topological polar surface area (TPSA) is 123 Å². The van der Waals surface area contributed by atoms with Gasteiger partial charge in [0.25, 0.3) is 21.8 Å². The molecule has 0 saturated heterocycles. The molecule has 0 saturated carbocycles. The number of anilines is 1. The zero-order valence-electron chi connectivity index (χ0n) is 18.2. The minimum Gasteiger partial charge on any atom is -0.493 e. The second-order valence-electron chi connectivity index (χ2n) is 6.98. The van der Waals surface area contributed by atoms with E-state index < -0.39 is 21.8 Å². The first-order valence-electron chi connectivity index (χ1n) is 9.76. The van der Waals surface area contributed by atoms with Crippen molar-refractivity contribution in [1.29, 1.82) is 0 Å². The summed E-state index contributed by atoms with van der Waals surface area (Å²) in [5, 5.41) is 0. The molecule has 0 aliphatic carbocycles. The number of amides is 2. The van der Waals surface area contributed by atoms with Crippen LogP contribution in [0.15, 0.2) is 71.6 Å². The molecular formula is C23H23N3O6S. The molecule has 0 unspecified atom stereocenters. The highest BCUT2D eigenvalue weighted by Gasteiger charge is 2.17. The number of methoxy groups -OCH3 is 2. The molecule has 0 atom stereocenters. The van der Waals surface area contributed by atoms with Crippen molar-refractivity contribution < 1.29 is 27.5 Å². The molecule has 10 heteroatoms. The Kier molecular flexibility index (Phi) is 7.19. The lowest BCUT2D eigenvalue weighted by Crippen LogP contribution is -2.41. The van der Waals surface area contributed by atoms with E-state index in [2.05, 4.69) is 15.6 Å². The number of ether oxygens (including phenoxy) is 2. The van der Waals surface area contributed by atoms with Crippen molar-refractivity contribution in [2.24, 2.45) is 0 Å². The van der Waals surface area contributed by atoms with Crippen molar-refractivity contribution in [2.45, 2.75) is 11.8 Å². The molecule has 0 aromatic heterocycles. The molecule has 9 nitrogen and oxygen atoms in total. The summed E-state index contributed by atoms with van der Waals surface area (Å²) in [6.07, 6.45) is 0. The SMILES string of the molecule is COc1ccc(C(=O)NNC(=O)c2cccc(S(=O)(=O)Nc3cccc(C)c3)c2)cc1OC. The molecule has 0 spiro atoms. The van der Waals surface area contributed by atoms with E-state index in [4.69, 9.17) is 9.47 Å². The average molecular weight is 470 g/mol. The van der Waals surface area contributed by atoms with Crippen LogP contribution in [0.3, 0.4) is 0 Å². The zero-order chi connectivity index (χ0) is 24.0. The van der Waals surface area contributed by atoms with Crippen LogP contribution in [-0.2, 0) is 10.0 Å². The van der Waals surface area contributed by atoms with Crippen LogP contribution in [0.25, 0.3) is 0 Å². The van der Waals surface area contributed by atoms with Gasteiger partial charge < -0.3 is 9.47 Å². The van der Waals surface area contributed by atoms with E-state index in [0.29, 0.717) is 17.2 Å². The third-order valence-corrected chi connectivity index (χ3v) is 5.99. The van der Waals surface area contributed by atoms with E-state index in [1.807, 2.05) is 13.0 Å². The molecule has 2 amide bonds. The maximum Gasteiger partial charge on any atom is 0.269 e. The lowest BCUT2D eigenvalue weighted by molar-refractivity contribution is 0.0846. The van der Waals surface area contributed by atoms with E-state index in [0.717, 1.165) is 5.56 Å². The van der Waals surface area contributed by atoms with Crippen LogP contribution in [0.1, 0.15) is 26.3 Å². The summed E-state index contributed by atoms with van der Waals surface area (Å²) in [6.45, 7) is 1.85. The molecule has 0 radical (unpaired) electrons. The lowest BCUT2D eigenvalue weighted by Gasteiger charge is -2.12. The van der Waals surface area contributed by atoms with Crippen LogP contribution in [0, 0.1) is 6.92 Å². The minimum atomic E-state index is -3.92. The van der Waals surface area contributed by atoms with Crippen LogP contribution in [0.5, 0.6) is 11.5 Å². The van der Waals surface area contributed by atoms with Gasteiger partial charge in [-0.25, -0.2) is 8.42 Å². The average Bonchev–Trinajstić information content (AvgIpc) is 2.81. The molecular weight excluding hydrogens is 446 g/mol. The first-order valence-corrected chi connectivity index (χ1v) is 11.2. The Bertz CT molecular complexity index is 1290. The van der Waals surface area contributed by atoms with Gasteiger partial charge in [0.15, 0.2) is 11.5 Å². The number of hydrazine groups is 1. The third kappa shape index (κ3) is 5.80. The Balaban J connectivity index is 1.70. The number of benzene rings is 3. The fraction of sp³-hybridized carbons (Fsp3) is 0.130. The largest absolute Gasteiger partial charge is 0.493 e. The molecule has 0 bridgehead atoms. The van der Waals surface area contributed by atoms with E-state index in [1.165, 1.54) is 50.6 Å². The predicted octanol–water partition coefficient (Wildman–Crippen LogP) is 2.89. The van der Waals surface area contributed by atoms with Crippen LogP contribution in [-0.4, -0.2) is 34.5 Å². The molecule has 172 valence electrons. The molecule has 3 N–H and O–H groups in total. The monoisotopic (exact) mass is 469 g/mol. The zero-order valence-corrected chi connectivity index (χ0v) is 19.0. The summed E-state index contributed by atoms with van der Waals surface area (Å²) in [5.41, 5.74) is 6.15. The number of carbonyl (C=O) groups is 2. The minimum absolute atomic E-state index is 0.0507. The number of sulfonamides is 1. The van der Waals surface area contributed by atoms with Gasteiger partial charge in [-0.2, -0.15) is 0 Å². The van der Waals surface area contributed by atoms with Gasteiger partial charge in [0.1, 0.15) is 0 Å². The third-order valence-electron chi connectivity index (χ3n) is 4.61. The molecule has 3 aromatic rings. The van der Waals surface area contributed by atoms with Crippen LogP contribution in [0.4, 0.5) is 5.69 Å². The summed E-state index contributed by atoms with van der Waals surface area (Å²) in [7, 11) is -1.00. The van der Waals surface area contributed by atoms with Gasteiger partial charge in [-0.05, 0) is 61.0 Å². The second kappa shape index (κ2) is 10.0. The highest BCUT2D eigenvalue weighted by Crippen LogP contribution is 2.27. The molecule has 0 aliphatic heterocycles. The van der Waals surface area contributed by atoms with Gasteiger partial charge in [0.05, 0.1) is 19.1 Å². The van der Waals surface area contributed by atoms with Crippen LogP contribution < -0.4 is 25.0 Å². The normalized spacial score (nSPS) is 10.8. The van der Waals surface area contributed by atoms with Crippen molar-refractivity contribution in [3.63, 3.8) is 0 Å². The Hall–Kier alpha value is -4.05. The second-order valence-corrected chi connectivity index (χ2v) is 8.66. The maximum atomic E-state index is 12.7.